The number of nitrogens with two attached hydrogens (primary N) is 2. The lowest BCUT2D eigenvalue weighted by Gasteiger charge is -2.09. The Bertz CT molecular complexity index is 3290. The number of carboxylic acid groups (broad SMARTS) is 4. The van der Waals surface area contributed by atoms with Crippen LogP contribution in [0.25, 0.3) is 0 Å². The van der Waals surface area contributed by atoms with Crippen molar-refractivity contribution in [1.82, 2.24) is 14.8 Å². The summed E-state index contributed by atoms with van der Waals surface area (Å²) < 4.78 is 137. The molecule has 12 N–H and O–H groups in total. The number of hydrogen-bond donors (Lipinski definition) is 10. The molecule has 0 aliphatic heterocycles. The summed E-state index contributed by atoms with van der Waals surface area (Å²) in [5, 5.41) is 45.1. The number of ether oxygens (including phenoxy) is 21. The first kappa shape index (κ1) is 118. The molecule has 4 unspecified atom stereocenters. The molecule has 2 amide bonds. The third-order valence-corrected chi connectivity index (χ3v) is 22.3. The average Bonchev–Trinajstić information content (AvgIpc) is 1.63. The van der Waals surface area contributed by atoms with Crippen molar-refractivity contribution in [3.8, 4) is 47.4 Å². The molecule has 12 atom stereocenters. The molecular formula is C90H151N5O35S. The molecule has 0 heterocycles. The van der Waals surface area contributed by atoms with Crippen molar-refractivity contribution in [3.63, 3.8) is 0 Å². The van der Waals surface area contributed by atoms with Crippen LogP contribution in [-0.4, -0.2) is 366 Å². The van der Waals surface area contributed by atoms with E-state index < -0.39 is 46.8 Å². The van der Waals surface area contributed by atoms with E-state index in [9.17, 15) is 42.0 Å². The first-order chi connectivity index (χ1) is 63.8. The van der Waals surface area contributed by atoms with Gasteiger partial charge >= 0.3 is 52.2 Å². The molecule has 8 rings (SSSR count). The van der Waals surface area contributed by atoms with E-state index in [1.54, 1.807) is 4.72 Å². The van der Waals surface area contributed by atoms with E-state index in [0.29, 0.717) is 272 Å². The summed E-state index contributed by atoms with van der Waals surface area (Å²) in [7, 11) is -4.04. The monoisotopic (exact) mass is 1890 g/mol. The molecule has 4 saturated carbocycles. The van der Waals surface area contributed by atoms with Crippen molar-refractivity contribution in [3.05, 3.63) is 0 Å². The Morgan fingerprint density at radius 3 is 0.779 bits per heavy atom. The van der Waals surface area contributed by atoms with E-state index >= 15 is 0 Å². The predicted molar refractivity (Wildman–Crippen MR) is 474 cm³/mol. The quantitative estimate of drug-likeness (QED) is 0.0179. The van der Waals surface area contributed by atoms with Crippen LogP contribution in [0.4, 0.5) is 9.59 Å². The van der Waals surface area contributed by atoms with E-state index in [1.165, 1.54) is 32.6 Å². The number of aliphatic carboxylic acids is 4. The number of esters is 1. The lowest BCUT2D eigenvalue weighted by Crippen LogP contribution is -2.42. The molecule has 0 aromatic carbocycles. The van der Waals surface area contributed by atoms with E-state index in [-0.39, 0.29) is 83.6 Å². The zero-order valence-corrected chi connectivity index (χ0v) is 77.6. The fourth-order valence-electron chi connectivity index (χ4n) is 14.5. The number of aliphatic hydroxyl groups excluding tert-OH is 1. The number of rotatable bonds is 71. The second-order valence-electron chi connectivity index (χ2n) is 30.9. The Balaban J connectivity index is 0.000000430. The normalized spacial score (nSPS) is 21.2. The maximum atomic E-state index is 11.9. The Morgan fingerprint density at radius 1 is 0.298 bits per heavy atom. The van der Waals surface area contributed by atoms with Crippen LogP contribution in [-0.2, 0) is 134 Å². The van der Waals surface area contributed by atoms with Gasteiger partial charge in [0.15, 0.2) is 0 Å². The molecule has 40 nitrogen and oxygen atoms in total. The molecule has 0 spiro atoms. The van der Waals surface area contributed by atoms with Crippen LogP contribution < -0.4 is 26.2 Å². The highest BCUT2D eigenvalue weighted by Crippen LogP contribution is 2.55. The summed E-state index contributed by atoms with van der Waals surface area (Å²) in [6, 6.07) is 0. The number of carbonyl (C=O) groups excluding carboxylic acids is 3. The molecule has 0 aromatic rings. The van der Waals surface area contributed by atoms with Gasteiger partial charge in [0, 0.05) is 91.1 Å². The smallest absolute Gasteiger partial charge is 0.421 e. The summed E-state index contributed by atoms with van der Waals surface area (Å²) in [5.74, 6) is 28.9. The number of carboxylic acids is 4. The number of amides is 2. The van der Waals surface area contributed by atoms with Gasteiger partial charge in [-0.2, -0.15) is 13.1 Å². The van der Waals surface area contributed by atoms with Gasteiger partial charge in [0.2, 0.25) is 0 Å². The summed E-state index contributed by atoms with van der Waals surface area (Å²) in [6.45, 7) is 17.9. The first-order valence-electron chi connectivity index (χ1n) is 45.9. The molecule has 0 bridgehead atoms. The second-order valence-corrected chi connectivity index (χ2v) is 32.4. The molecular weight excluding hydrogens is 1740 g/mol. The van der Waals surface area contributed by atoms with Gasteiger partial charge in [-0.1, -0.05) is 0 Å². The number of carbonyl (C=O) groups is 7. The van der Waals surface area contributed by atoms with Crippen LogP contribution >= 0.6 is 0 Å². The minimum absolute atomic E-state index is 0.00317. The van der Waals surface area contributed by atoms with E-state index in [2.05, 4.69) is 62.1 Å². The molecule has 4 fully saturated rings. The summed E-state index contributed by atoms with van der Waals surface area (Å²) in [4.78, 5) is 74.9. The minimum atomic E-state index is -4.04. The molecule has 41 heteroatoms. The van der Waals surface area contributed by atoms with Gasteiger partial charge in [-0.15, -0.1) is 47.4 Å². The number of alkyl carbamates (subject to hydrolysis) is 1. The standard InChI is InChI=1S/C28H47NO11.C17H26N2O8S.C17H35NO9.C12H16O2.C10H14O.C6H13NO4/c30-27(31)7-9-33-11-13-35-15-17-37-19-21-39-22-20-38-18-16-36-14-12-34-10-8-29-28(32)40-23-26-24-5-3-1-2-4-6-25(24)26;20-16(21)12-26-10-9-25-8-7-18-28(23,24)19-17(22)27-11-15-13-5-3-1-2-4-6-14(13)15;18-2-4-22-6-8-24-10-12-26-14-16-27-15-13-25-11-9-23-7-5-21-3-1-17(19)20;1-9(13)14-8-12-10-6-4-2-3-5-7-11(10)12;11-7-10-8-5-3-1-2-4-6-9(8)10;7-1-2-10-3-4-11-5-6(8)9/h24-26H,3-23H2,(H,29,32)(H,30,31);13-15,18H,3-12H2,(H,19,22)(H,20,21);1-16,18H2,(H,19,20);10-12H,4-8H2,1H3;8-11H,3-7H2;1-5,7H2,(H,8,9)/t24-,25+,26?;13-,14+,15?;;10-,11+,12?;8-,9+,10?;. The Kier molecular flexibility index (Phi) is 73.7. The lowest BCUT2D eigenvalue weighted by atomic mass is 10.1. The minimum Gasteiger partial charge on any atom is -0.481 e. The number of hydrogen-bond acceptors (Lipinski definition) is 33. The SMILES string of the molecule is CC(=O)OCC1[C@H]2CCC#CCC[C@@H]12.NCCOCCOCC(=O)O.NCCOCCOCCOCCOCCOCCOCCOCCC(=O)O.O=C(O)CCOCCOCCOCCOCCOCCOCCOCCNC(=O)OCC1[C@H]2CCC#CCC[C@@H]12.O=C(O)COCCOCCNS(=O)(=O)NC(=O)OCC1[C@H]2CCC#CCC[C@@H]12.OCC1[C@H]2CCC#CCC[C@@H]12. The van der Waals surface area contributed by atoms with Gasteiger partial charge in [-0.25, -0.2) is 23.9 Å². The number of fused-ring (bicyclic) bond motifs is 4. The zero-order chi connectivity index (χ0) is 94.9. The van der Waals surface area contributed by atoms with E-state index in [4.69, 9.17) is 132 Å². The van der Waals surface area contributed by atoms with Crippen LogP contribution in [0.1, 0.15) is 122 Å². The fraction of sp³-hybridized carbons (Fsp3) is 0.833. The van der Waals surface area contributed by atoms with E-state index in [1.807, 2.05) is 0 Å². The van der Waals surface area contributed by atoms with Gasteiger partial charge in [-0.05, 0) is 122 Å². The molecule has 8 aliphatic carbocycles. The Labute approximate surface area is 773 Å². The predicted octanol–water partition coefficient (Wildman–Crippen LogP) is 3.85. The highest BCUT2D eigenvalue weighted by Gasteiger charge is 2.52. The van der Waals surface area contributed by atoms with Gasteiger partial charge in [0.25, 0.3) is 0 Å². The van der Waals surface area contributed by atoms with Gasteiger partial charge in [0.05, 0.1) is 257 Å². The number of aliphatic hydroxyl groups is 1. The molecule has 0 saturated heterocycles. The van der Waals surface area contributed by atoms with Crippen molar-refractivity contribution in [2.24, 2.45) is 82.5 Å². The third kappa shape index (κ3) is 68.8. The van der Waals surface area contributed by atoms with Crippen LogP contribution in [0.2, 0.25) is 0 Å². The summed E-state index contributed by atoms with van der Waals surface area (Å²) in [5.41, 5.74) is 10.4. The highest BCUT2D eigenvalue weighted by atomic mass is 32.2. The Morgan fingerprint density at radius 2 is 0.527 bits per heavy atom. The average molecular weight is 1900 g/mol. The third-order valence-electron chi connectivity index (χ3n) is 21.2. The lowest BCUT2D eigenvalue weighted by molar-refractivity contribution is -0.143. The fourth-order valence-corrected chi connectivity index (χ4v) is 15.2. The van der Waals surface area contributed by atoms with Gasteiger partial charge in [-0.3, -0.25) is 14.4 Å². The maximum Gasteiger partial charge on any atom is 0.421 e. The molecule has 752 valence electrons. The van der Waals surface area contributed by atoms with Crippen molar-refractivity contribution >= 4 is 52.2 Å². The van der Waals surface area contributed by atoms with Crippen molar-refractivity contribution in [1.29, 1.82) is 0 Å². The van der Waals surface area contributed by atoms with Crippen LogP contribution in [0.15, 0.2) is 0 Å². The number of nitrogens with one attached hydrogen (secondary N) is 3. The second kappa shape index (κ2) is 81.5. The van der Waals surface area contributed by atoms with Crippen LogP contribution in [0, 0.1) is 118 Å². The molecule has 0 aromatic heterocycles. The van der Waals surface area contributed by atoms with Crippen LogP contribution in [0.5, 0.6) is 0 Å². The summed E-state index contributed by atoms with van der Waals surface area (Å²) in [6.07, 6.45) is 15.5. The van der Waals surface area contributed by atoms with Gasteiger partial charge < -0.3 is 142 Å². The first-order valence-corrected chi connectivity index (χ1v) is 47.4. The largest absolute Gasteiger partial charge is 0.481 e. The maximum absolute atomic E-state index is 11.9. The highest BCUT2D eigenvalue weighted by molar-refractivity contribution is 7.88. The zero-order valence-electron chi connectivity index (χ0n) is 76.8. The van der Waals surface area contributed by atoms with E-state index in [0.717, 1.165) is 101 Å². The topological polar surface area (TPSA) is 537 Å². The van der Waals surface area contributed by atoms with Crippen LogP contribution in [0.3, 0.4) is 0 Å². The molecule has 8 aliphatic rings. The Hall–Kier alpha value is -6.80. The van der Waals surface area contributed by atoms with Gasteiger partial charge in [0.1, 0.15) is 13.2 Å². The molecule has 0 radical (unpaired) electrons. The molecule has 131 heavy (non-hydrogen) atoms. The van der Waals surface area contributed by atoms with Crippen molar-refractivity contribution in [2.75, 3.05) is 290 Å². The summed E-state index contributed by atoms with van der Waals surface area (Å²) >= 11 is 0. The van der Waals surface area contributed by atoms with Crippen molar-refractivity contribution in [2.45, 2.75) is 122 Å². The van der Waals surface area contributed by atoms with Crippen molar-refractivity contribution < 1.29 is 167 Å².